The van der Waals surface area contributed by atoms with E-state index >= 15 is 0 Å². The van der Waals surface area contributed by atoms with Crippen molar-refractivity contribution in [3.05, 3.63) is 29.8 Å². The maximum Gasteiger partial charge on any atom is 0.194 e. The fraction of sp³-hybridized carbons (Fsp3) is 0.533. The summed E-state index contributed by atoms with van der Waals surface area (Å²) in [5.74, 6) is 0.784. The number of benzene rings is 1. The van der Waals surface area contributed by atoms with Crippen LogP contribution in [0.5, 0.6) is 0 Å². The van der Waals surface area contributed by atoms with E-state index in [1.807, 2.05) is 11.8 Å². The molecule has 1 heterocycles. The first-order valence-corrected chi connectivity index (χ1v) is 9.29. The van der Waals surface area contributed by atoms with Gasteiger partial charge in [0.05, 0.1) is 17.5 Å². The molecule has 2 N–H and O–H groups in total. The predicted molar refractivity (Wildman–Crippen MR) is 86.6 cm³/mol. The lowest BCUT2D eigenvalue weighted by molar-refractivity contribution is 0.188. The van der Waals surface area contributed by atoms with Crippen molar-refractivity contribution < 1.29 is 13.5 Å². The Morgan fingerprint density at radius 3 is 2.59 bits per heavy atom. The minimum atomic E-state index is -3.16. The van der Waals surface area contributed by atoms with Gasteiger partial charge in [0.15, 0.2) is 15.8 Å². The molecule has 1 aliphatic heterocycles. The normalized spacial score (nSPS) is 19.5. The van der Waals surface area contributed by atoms with Gasteiger partial charge in [-0.05, 0) is 31.0 Å². The van der Waals surface area contributed by atoms with E-state index in [4.69, 9.17) is 0 Å². The van der Waals surface area contributed by atoms with Crippen LogP contribution in [0.15, 0.2) is 34.2 Å². The maximum absolute atomic E-state index is 11.4. The lowest BCUT2D eigenvalue weighted by atomic mass is 10.2. The van der Waals surface area contributed by atoms with Crippen LogP contribution in [0, 0.1) is 0 Å². The van der Waals surface area contributed by atoms with E-state index in [0.717, 1.165) is 31.0 Å². The summed E-state index contributed by atoms with van der Waals surface area (Å²) >= 11 is 0. The molecular weight excluding hydrogens is 302 g/mol. The van der Waals surface area contributed by atoms with E-state index in [2.05, 4.69) is 10.3 Å². The summed E-state index contributed by atoms with van der Waals surface area (Å²) in [6.45, 7) is 4.62. The number of aliphatic imine (C=N–C) groups is 1. The number of hydrogen-bond donors (Lipinski definition) is 2. The van der Waals surface area contributed by atoms with Crippen LogP contribution >= 0.6 is 0 Å². The number of nitrogens with one attached hydrogen (secondary N) is 1. The fourth-order valence-corrected chi connectivity index (χ4v) is 3.00. The number of guanidine groups is 1. The second kappa shape index (κ2) is 7.11. The summed E-state index contributed by atoms with van der Waals surface area (Å²) in [6.07, 6.45) is 1.66. The average Bonchev–Trinajstić information content (AvgIpc) is 2.89. The molecule has 0 radical (unpaired) electrons. The van der Waals surface area contributed by atoms with Gasteiger partial charge in [-0.25, -0.2) is 13.4 Å². The third-order valence-electron chi connectivity index (χ3n) is 3.56. The molecule has 6 nitrogen and oxygen atoms in total. The molecule has 2 rings (SSSR count). The molecule has 0 saturated carbocycles. The summed E-state index contributed by atoms with van der Waals surface area (Å²) in [6, 6.07) is 6.77. The lowest BCUT2D eigenvalue weighted by Crippen LogP contribution is -2.40. The molecule has 22 heavy (non-hydrogen) atoms. The van der Waals surface area contributed by atoms with Gasteiger partial charge in [0.2, 0.25) is 0 Å². The SMILES string of the molecule is CCNC(=NCc1ccc(S(C)(=O)=O)cc1)N1CC[C@@H](O)C1. The quantitative estimate of drug-likeness (QED) is 0.626. The van der Waals surface area contributed by atoms with E-state index in [1.165, 1.54) is 6.26 Å². The zero-order valence-corrected chi connectivity index (χ0v) is 13.8. The van der Waals surface area contributed by atoms with Gasteiger partial charge in [0.25, 0.3) is 0 Å². The van der Waals surface area contributed by atoms with Gasteiger partial charge in [-0.1, -0.05) is 12.1 Å². The summed E-state index contributed by atoms with van der Waals surface area (Å²) in [7, 11) is -3.16. The van der Waals surface area contributed by atoms with Crippen LogP contribution in [-0.2, 0) is 16.4 Å². The van der Waals surface area contributed by atoms with Gasteiger partial charge < -0.3 is 15.3 Å². The monoisotopic (exact) mass is 325 g/mol. The van der Waals surface area contributed by atoms with Crippen molar-refractivity contribution in [2.45, 2.75) is 30.9 Å². The molecule has 1 aromatic rings. The van der Waals surface area contributed by atoms with Crippen LogP contribution in [0.3, 0.4) is 0 Å². The molecule has 1 fully saturated rings. The first-order valence-electron chi connectivity index (χ1n) is 7.40. The van der Waals surface area contributed by atoms with Crippen molar-refractivity contribution in [2.75, 3.05) is 25.9 Å². The van der Waals surface area contributed by atoms with E-state index in [1.54, 1.807) is 24.3 Å². The Balaban J connectivity index is 2.07. The van der Waals surface area contributed by atoms with E-state index in [0.29, 0.717) is 18.0 Å². The Labute approximate surface area is 131 Å². The summed E-state index contributed by atoms with van der Waals surface area (Å²) < 4.78 is 22.9. The molecule has 0 aromatic heterocycles. The molecule has 0 aliphatic carbocycles. The Bertz CT molecular complexity index is 626. The zero-order chi connectivity index (χ0) is 16.2. The molecular formula is C15H23N3O3S. The highest BCUT2D eigenvalue weighted by Crippen LogP contribution is 2.12. The molecule has 1 saturated heterocycles. The second-order valence-electron chi connectivity index (χ2n) is 5.47. The number of β-amino-alcohol motifs (C(OH)–C–C–N with tert-alkyl or cyclic N) is 1. The van der Waals surface area contributed by atoms with Crippen molar-refractivity contribution in [1.82, 2.24) is 10.2 Å². The Kier molecular flexibility index (Phi) is 5.42. The lowest BCUT2D eigenvalue weighted by Gasteiger charge is -2.20. The van der Waals surface area contributed by atoms with E-state index < -0.39 is 9.84 Å². The average molecular weight is 325 g/mol. The second-order valence-corrected chi connectivity index (χ2v) is 7.49. The zero-order valence-electron chi connectivity index (χ0n) is 13.0. The highest BCUT2D eigenvalue weighted by Gasteiger charge is 2.22. The van der Waals surface area contributed by atoms with Crippen molar-refractivity contribution in [1.29, 1.82) is 0 Å². The molecule has 1 aliphatic rings. The first-order chi connectivity index (χ1) is 10.4. The fourth-order valence-electron chi connectivity index (χ4n) is 2.37. The van der Waals surface area contributed by atoms with Crippen molar-refractivity contribution in [3.63, 3.8) is 0 Å². The minimum Gasteiger partial charge on any atom is -0.391 e. The van der Waals surface area contributed by atoms with Crippen LogP contribution in [-0.4, -0.2) is 56.4 Å². The largest absolute Gasteiger partial charge is 0.391 e. The summed E-state index contributed by atoms with van der Waals surface area (Å²) in [5.41, 5.74) is 0.947. The van der Waals surface area contributed by atoms with Crippen LogP contribution in [0.25, 0.3) is 0 Å². The van der Waals surface area contributed by atoms with Crippen LogP contribution in [0.2, 0.25) is 0 Å². The van der Waals surface area contributed by atoms with Gasteiger partial charge in [-0.3, -0.25) is 0 Å². The smallest absolute Gasteiger partial charge is 0.194 e. The van der Waals surface area contributed by atoms with Gasteiger partial charge in [0.1, 0.15) is 0 Å². The number of nitrogens with zero attached hydrogens (tertiary/aromatic N) is 2. The third-order valence-corrected chi connectivity index (χ3v) is 4.69. The molecule has 0 unspecified atom stereocenters. The Morgan fingerprint density at radius 2 is 2.09 bits per heavy atom. The van der Waals surface area contributed by atoms with Crippen LogP contribution < -0.4 is 5.32 Å². The van der Waals surface area contributed by atoms with Crippen molar-refractivity contribution in [3.8, 4) is 0 Å². The van der Waals surface area contributed by atoms with Gasteiger partial charge >= 0.3 is 0 Å². The Hall–Kier alpha value is -1.60. The minimum absolute atomic E-state index is 0.294. The van der Waals surface area contributed by atoms with E-state index in [9.17, 15) is 13.5 Å². The van der Waals surface area contributed by atoms with Crippen molar-refractivity contribution in [2.24, 2.45) is 4.99 Å². The number of hydrogen-bond acceptors (Lipinski definition) is 4. The Morgan fingerprint density at radius 1 is 1.41 bits per heavy atom. The molecule has 1 atom stereocenters. The maximum atomic E-state index is 11.4. The number of aliphatic hydroxyl groups is 1. The van der Waals surface area contributed by atoms with Crippen LogP contribution in [0.4, 0.5) is 0 Å². The number of rotatable bonds is 4. The summed E-state index contributed by atoms with van der Waals surface area (Å²) in [4.78, 5) is 6.92. The third kappa shape index (κ3) is 4.45. The highest BCUT2D eigenvalue weighted by molar-refractivity contribution is 7.90. The van der Waals surface area contributed by atoms with Crippen LogP contribution in [0.1, 0.15) is 18.9 Å². The molecule has 7 heteroatoms. The number of likely N-dealkylation sites (tertiary alicyclic amines) is 1. The molecule has 0 amide bonds. The van der Waals surface area contributed by atoms with Crippen molar-refractivity contribution >= 4 is 15.8 Å². The molecule has 1 aromatic carbocycles. The molecule has 0 bridgehead atoms. The first kappa shape index (κ1) is 16.8. The topological polar surface area (TPSA) is 82.0 Å². The molecule has 0 spiro atoms. The summed E-state index contributed by atoms with van der Waals surface area (Å²) in [5, 5.41) is 12.8. The highest BCUT2D eigenvalue weighted by atomic mass is 32.2. The van der Waals surface area contributed by atoms with Gasteiger partial charge in [0, 0.05) is 25.9 Å². The predicted octanol–water partition coefficient (Wildman–Crippen LogP) is 0.622. The molecule has 122 valence electrons. The standard InChI is InChI=1S/C15H23N3O3S/c1-3-16-15(18-9-8-13(19)11-18)17-10-12-4-6-14(7-5-12)22(2,20)21/h4-7,13,19H,3,8-11H2,1-2H3,(H,16,17)/t13-/m1/s1. The number of sulfone groups is 1. The van der Waals surface area contributed by atoms with E-state index in [-0.39, 0.29) is 6.10 Å². The van der Waals surface area contributed by atoms with Gasteiger partial charge in [-0.2, -0.15) is 0 Å². The number of aliphatic hydroxyl groups excluding tert-OH is 1. The van der Waals surface area contributed by atoms with Gasteiger partial charge in [-0.15, -0.1) is 0 Å².